The number of hydrogen-bond acceptors (Lipinski definition) is 5. The summed E-state index contributed by atoms with van der Waals surface area (Å²) in [6.07, 6.45) is 4.32. The van der Waals surface area contributed by atoms with Crippen LogP contribution in [0.3, 0.4) is 0 Å². The Morgan fingerprint density at radius 2 is 2.28 bits per heavy atom. The monoisotopic (exact) mass is 248 g/mol. The molecular weight excluding hydrogens is 228 g/mol. The summed E-state index contributed by atoms with van der Waals surface area (Å²) >= 11 is 0. The summed E-state index contributed by atoms with van der Waals surface area (Å²) in [5.41, 5.74) is 0.979. The smallest absolute Gasteiger partial charge is 0.224 e. The molecule has 2 aliphatic heterocycles. The largest absolute Gasteiger partial charge is 0.373 e. The van der Waals surface area contributed by atoms with E-state index in [0.29, 0.717) is 24.2 Å². The minimum atomic E-state index is 0.368. The van der Waals surface area contributed by atoms with Gasteiger partial charge in [0.2, 0.25) is 5.95 Å². The van der Waals surface area contributed by atoms with E-state index in [-0.39, 0.29) is 0 Å². The SMILES string of the molecule is CCNc1nc(C)cc(NC2CC3CCC2O3)n1. The molecule has 0 aromatic carbocycles. The average Bonchev–Trinajstić information content (AvgIpc) is 2.90. The quantitative estimate of drug-likeness (QED) is 0.853. The summed E-state index contributed by atoms with van der Waals surface area (Å²) in [7, 11) is 0. The van der Waals surface area contributed by atoms with Crippen LogP contribution in [0.2, 0.25) is 0 Å². The number of nitrogens with zero attached hydrogens (tertiary/aromatic N) is 2. The van der Waals surface area contributed by atoms with Gasteiger partial charge in [0, 0.05) is 18.3 Å². The third kappa shape index (κ3) is 2.27. The summed E-state index contributed by atoms with van der Waals surface area (Å²) in [6.45, 7) is 4.87. The summed E-state index contributed by atoms with van der Waals surface area (Å²) in [5, 5.41) is 6.65. The molecule has 1 aromatic rings. The zero-order valence-corrected chi connectivity index (χ0v) is 10.9. The van der Waals surface area contributed by atoms with Crippen molar-refractivity contribution in [1.82, 2.24) is 9.97 Å². The lowest BCUT2D eigenvalue weighted by Crippen LogP contribution is -2.31. The van der Waals surface area contributed by atoms with Crippen molar-refractivity contribution in [2.75, 3.05) is 17.2 Å². The van der Waals surface area contributed by atoms with Gasteiger partial charge in [0.1, 0.15) is 5.82 Å². The van der Waals surface area contributed by atoms with Crippen molar-refractivity contribution >= 4 is 11.8 Å². The van der Waals surface area contributed by atoms with E-state index in [1.165, 1.54) is 12.8 Å². The molecule has 98 valence electrons. The average molecular weight is 248 g/mol. The highest BCUT2D eigenvalue weighted by atomic mass is 16.5. The highest BCUT2D eigenvalue weighted by Crippen LogP contribution is 2.35. The van der Waals surface area contributed by atoms with Gasteiger partial charge in [-0.2, -0.15) is 4.98 Å². The zero-order chi connectivity index (χ0) is 12.5. The van der Waals surface area contributed by atoms with Gasteiger partial charge in [-0.15, -0.1) is 0 Å². The van der Waals surface area contributed by atoms with Crippen molar-refractivity contribution in [2.24, 2.45) is 0 Å². The zero-order valence-electron chi connectivity index (χ0n) is 10.9. The van der Waals surface area contributed by atoms with Crippen molar-refractivity contribution in [3.05, 3.63) is 11.8 Å². The first-order valence-electron chi connectivity index (χ1n) is 6.76. The van der Waals surface area contributed by atoms with Crippen molar-refractivity contribution < 1.29 is 4.74 Å². The fraction of sp³-hybridized carbons (Fsp3) is 0.692. The van der Waals surface area contributed by atoms with E-state index in [1.54, 1.807) is 0 Å². The van der Waals surface area contributed by atoms with Gasteiger partial charge in [-0.25, -0.2) is 4.98 Å². The lowest BCUT2D eigenvalue weighted by molar-refractivity contribution is 0.102. The van der Waals surface area contributed by atoms with E-state index in [4.69, 9.17) is 4.74 Å². The predicted octanol–water partition coefficient (Wildman–Crippen LogP) is 1.95. The van der Waals surface area contributed by atoms with Crippen LogP contribution >= 0.6 is 0 Å². The Balaban J connectivity index is 1.72. The molecule has 18 heavy (non-hydrogen) atoms. The van der Waals surface area contributed by atoms with Crippen LogP contribution in [0.1, 0.15) is 31.9 Å². The van der Waals surface area contributed by atoms with Gasteiger partial charge >= 0.3 is 0 Å². The van der Waals surface area contributed by atoms with Gasteiger partial charge in [0.05, 0.1) is 18.2 Å². The van der Waals surface area contributed by atoms with Crippen LogP contribution in [0.5, 0.6) is 0 Å². The van der Waals surface area contributed by atoms with Gasteiger partial charge < -0.3 is 15.4 Å². The summed E-state index contributed by atoms with van der Waals surface area (Å²) in [4.78, 5) is 8.83. The van der Waals surface area contributed by atoms with Crippen LogP contribution in [0.25, 0.3) is 0 Å². The Bertz CT molecular complexity index is 437. The van der Waals surface area contributed by atoms with E-state index in [2.05, 4.69) is 20.6 Å². The molecule has 2 bridgehead atoms. The second-order valence-electron chi connectivity index (χ2n) is 5.11. The maximum Gasteiger partial charge on any atom is 0.224 e. The lowest BCUT2D eigenvalue weighted by atomic mass is 9.95. The maximum atomic E-state index is 5.84. The first-order chi connectivity index (χ1) is 8.74. The van der Waals surface area contributed by atoms with E-state index >= 15 is 0 Å². The first-order valence-corrected chi connectivity index (χ1v) is 6.76. The van der Waals surface area contributed by atoms with Crippen LogP contribution in [-0.2, 0) is 4.74 Å². The number of rotatable bonds is 4. The van der Waals surface area contributed by atoms with E-state index in [1.807, 2.05) is 19.9 Å². The Morgan fingerprint density at radius 3 is 2.94 bits per heavy atom. The minimum absolute atomic E-state index is 0.368. The predicted molar refractivity (Wildman–Crippen MR) is 70.9 cm³/mol. The molecule has 0 saturated carbocycles. The van der Waals surface area contributed by atoms with Gasteiger partial charge in [0.25, 0.3) is 0 Å². The van der Waals surface area contributed by atoms with E-state index in [9.17, 15) is 0 Å². The third-order valence-corrected chi connectivity index (χ3v) is 3.63. The van der Waals surface area contributed by atoms with Crippen LogP contribution in [0.4, 0.5) is 11.8 Å². The minimum Gasteiger partial charge on any atom is -0.373 e. The van der Waals surface area contributed by atoms with Gasteiger partial charge in [0.15, 0.2) is 0 Å². The molecule has 2 fully saturated rings. The molecule has 0 radical (unpaired) electrons. The molecule has 3 rings (SSSR count). The number of hydrogen-bond donors (Lipinski definition) is 2. The number of aryl methyl sites for hydroxylation is 1. The van der Waals surface area contributed by atoms with Crippen molar-refractivity contribution in [2.45, 2.75) is 51.4 Å². The highest BCUT2D eigenvalue weighted by Gasteiger charge is 2.40. The molecule has 3 heterocycles. The lowest BCUT2D eigenvalue weighted by Gasteiger charge is -2.21. The summed E-state index contributed by atoms with van der Waals surface area (Å²) in [5.74, 6) is 1.60. The van der Waals surface area contributed by atoms with Crippen molar-refractivity contribution in [3.8, 4) is 0 Å². The summed E-state index contributed by atoms with van der Waals surface area (Å²) in [6, 6.07) is 2.40. The molecule has 5 heteroatoms. The number of ether oxygens (including phenoxy) is 1. The van der Waals surface area contributed by atoms with Crippen LogP contribution in [0, 0.1) is 6.92 Å². The molecule has 5 nitrogen and oxygen atoms in total. The summed E-state index contributed by atoms with van der Waals surface area (Å²) < 4.78 is 5.84. The Kier molecular flexibility index (Phi) is 3.07. The Labute approximate surface area is 107 Å². The second kappa shape index (κ2) is 4.72. The molecule has 0 aliphatic carbocycles. The molecule has 3 atom stereocenters. The molecule has 3 unspecified atom stereocenters. The van der Waals surface area contributed by atoms with E-state index < -0.39 is 0 Å². The third-order valence-electron chi connectivity index (χ3n) is 3.63. The van der Waals surface area contributed by atoms with Crippen LogP contribution in [-0.4, -0.2) is 34.8 Å². The number of fused-ring (bicyclic) bond motifs is 2. The fourth-order valence-electron chi connectivity index (χ4n) is 2.86. The second-order valence-corrected chi connectivity index (χ2v) is 5.11. The molecule has 1 aromatic heterocycles. The first kappa shape index (κ1) is 11.7. The molecular formula is C13H20N4O. The number of aromatic nitrogens is 2. The van der Waals surface area contributed by atoms with Crippen molar-refractivity contribution in [3.63, 3.8) is 0 Å². The highest BCUT2D eigenvalue weighted by molar-refractivity contribution is 5.43. The Hall–Kier alpha value is -1.36. The maximum absolute atomic E-state index is 5.84. The van der Waals surface area contributed by atoms with Crippen molar-refractivity contribution in [1.29, 1.82) is 0 Å². The van der Waals surface area contributed by atoms with Gasteiger partial charge in [-0.1, -0.05) is 0 Å². The normalized spacial score (nSPS) is 29.6. The van der Waals surface area contributed by atoms with Gasteiger partial charge in [-0.3, -0.25) is 0 Å². The van der Waals surface area contributed by atoms with Crippen LogP contribution < -0.4 is 10.6 Å². The molecule has 2 aliphatic rings. The number of anilines is 2. The molecule has 0 spiro atoms. The number of nitrogens with one attached hydrogen (secondary N) is 2. The van der Waals surface area contributed by atoms with E-state index in [0.717, 1.165) is 24.5 Å². The molecule has 0 amide bonds. The molecule has 2 N–H and O–H groups in total. The van der Waals surface area contributed by atoms with Crippen LogP contribution in [0.15, 0.2) is 6.07 Å². The molecule has 2 saturated heterocycles. The standard InChI is InChI=1S/C13H20N4O/c1-3-14-13-15-8(2)6-12(17-13)16-10-7-9-4-5-11(10)18-9/h6,9-11H,3-5,7H2,1-2H3,(H2,14,15,16,17). The Morgan fingerprint density at radius 1 is 1.39 bits per heavy atom. The fourth-order valence-corrected chi connectivity index (χ4v) is 2.86. The topological polar surface area (TPSA) is 59.1 Å². The van der Waals surface area contributed by atoms with Gasteiger partial charge in [-0.05, 0) is 33.1 Å².